The lowest BCUT2D eigenvalue weighted by Crippen LogP contribution is -2.30. The molecule has 0 saturated carbocycles. The lowest BCUT2D eigenvalue weighted by molar-refractivity contribution is -0.132. The smallest absolute Gasteiger partial charge is 0.223 e. The molecule has 138 valence electrons. The average molecular weight is 385 g/mol. The first-order chi connectivity index (χ1) is 11.3. The number of benzene rings is 1. The van der Waals surface area contributed by atoms with E-state index in [1.807, 2.05) is 29.2 Å². The second-order valence-corrected chi connectivity index (χ2v) is 6.21. The molecule has 1 fully saturated rings. The van der Waals surface area contributed by atoms with E-state index in [0.717, 1.165) is 30.8 Å². The zero-order valence-corrected chi connectivity index (χ0v) is 15.8. The summed E-state index contributed by atoms with van der Waals surface area (Å²) in [5.74, 6) is 0.861. The molecule has 1 unspecified atom stereocenters. The summed E-state index contributed by atoms with van der Waals surface area (Å²) in [6, 6.07) is 12.1. The van der Waals surface area contributed by atoms with Crippen LogP contribution in [0.1, 0.15) is 30.5 Å². The molecular weight excluding hydrogens is 359 g/mol. The van der Waals surface area contributed by atoms with Crippen molar-refractivity contribution in [3.8, 4) is 0 Å². The Bertz CT molecular complexity index is 601. The molecule has 5 nitrogen and oxygen atoms in total. The van der Waals surface area contributed by atoms with Gasteiger partial charge in [-0.15, -0.1) is 24.8 Å². The molecule has 2 aromatic rings. The molecule has 0 radical (unpaired) electrons. The summed E-state index contributed by atoms with van der Waals surface area (Å²) in [6.45, 7) is 3.35. The normalized spacial score (nSPS) is 15.9. The Hall–Kier alpha value is -1.56. The van der Waals surface area contributed by atoms with Crippen LogP contribution in [0.4, 0.5) is 0 Å². The third kappa shape index (κ3) is 6.69. The fourth-order valence-corrected chi connectivity index (χ4v) is 3.06. The first-order valence-corrected chi connectivity index (χ1v) is 8.32. The minimum Gasteiger partial charge on any atom is -0.332 e. The molecule has 1 aromatic carbocycles. The average Bonchev–Trinajstić information content (AvgIpc) is 3.26. The molecule has 1 aliphatic rings. The molecule has 1 atom stereocenters. The van der Waals surface area contributed by atoms with E-state index < -0.39 is 0 Å². The first kappa shape index (κ1) is 21.5. The van der Waals surface area contributed by atoms with Crippen LogP contribution in [0.2, 0.25) is 0 Å². The van der Waals surface area contributed by atoms with E-state index in [0.29, 0.717) is 25.4 Å². The van der Waals surface area contributed by atoms with E-state index in [9.17, 15) is 4.79 Å². The SMILES string of the molecule is Cl.Cl.O=C(CCC1CCNC1)N(Cc1ccccc1)Cc1ccn[nH]1. The van der Waals surface area contributed by atoms with Crippen molar-refractivity contribution in [2.75, 3.05) is 13.1 Å². The number of carbonyl (C=O) groups excluding carboxylic acids is 1. The van der Waals surface area contributed by atoms with Crippen molar-refractivity contribution in [3.05, 3.63) is 53.9 Å². The largest absolute Gasteiger partial charge is 0.332 e. The standard InChI is InChI=1S/C18H24N4O.2ClH/c23-18(7-6-15-8-10-19-12-15)22(14-17-9-11-20-21-17)13-16-4-2-1-3-5-16;;/h1-5,9,11,15,19H,6-8,10,12-14H2,(H,20,21);2*1H. The van der Waals surface area contributed by atoms with Gasteiger partial charge in [0.2, 0.25) is 5.91 Å². The Kier molecular flexibility index (Phi) is 9.57. The van der Waals surface area contributed by atoms with E-state index in [2.05, 4.69) is 27.6 Å². The topological polar surface area (TPSA) is 61.0 Å². The molecule has 1 amide bonds. The van der Waals surface area contributed by atoms with Crippen molar-refractivity contribution >= 4 is 30.7 Å². The van der Waals surface area contributed by atoms with Crippen molar-refractivity contribution in [1.82, 2.24) is 20.4 Å². The van der Waals surface area contributed by atoms with E-state index >= 15 is 0 Å². The maximum Gasteiger partial charge on any atom is 0.223 e. The van der Waals surface area contributed by atoms with Crippen LogP contribution in [-0.2, 0) is 17.9 Å². The fourth-order valence-electron chi connectivity index (χ4n) is 3.06. The quantitative estimate of drug-likeness (QED) is 0.770. The molecule has 1 aliphatic heterocycles. The van der Waals surface area contributed by atoms with Crippen LogP contribution in [0.5, 0.6) is 0 Å². The number of aromatic amines is 1. The second-order valence-electron chi connectivity index (χ2n) is 6.21. The number of carbonyl (C=O) groups is 1. The highest BCUT2D eigenvalue weighted by molar-refractivity contribution is 5.85. The number of rotatable bonds is 7. The van der Waals surface area contributed by atoms with Crippen LogP contribution in [0.3, 0.4) is 0 Å². The highest BCUT2D eigenvalue weighted by atomic mass is 35.5. The summed E-state index contributed by atoms with van der Waals surface area (Å²) >= 11 is 0. The first-order valence-electron chi connectivity index (χ1n) is 8.32. The van der Waals surface area contributed by atoms with Crippen molar-refractivity contribution in [2.24, 2.45) is 5.92 Å². The van der Waals surface area contributed by atoms with Crippen molar-refractivity contribution < 1.29 is 4.79 Å². The van der Waals surface area contributed by atoms with Gasteiger partial charge in [0.25, 0.3) is 0 Å². The summed E-state index contributed by atoms with van der Waals surface area (Å²) in [6.07, 6.45) is 4.50. The van der Waals surface area contributed by atoms with Crippen LogP contribution in [0.15, 0.2) is 42.6 Å². The van der Waals surface area contributed by atoms with Crippen LogP contribution in [0, 0.1) is 5.92 Å². The van der Waals surface area contributed by atoms with Gasteiger partial charge >= 0.3 is 0 Å². The van der Waals surface area contributed by atoms with Crippen molar-refractivity contribution in [2.45, 2.75) is 32.4 Å². The zero-order chi connectivity index (χ0) is 15.9. The van der Waals surface area contributed by atoms with Crippen LogP contribution in [-0.4, -0.2) is 34.1 Å². The number of hydrogen-bond donors (Lipinski definition) is 2. The van der Waals surface area contributed by atoms with E-state index in [4.69, 9.17) is 0 Å². The number of nitrogens with one attached hydrogen (secondary N) is 2. The third-order valence-electron chi connectivity index (χ3n) is 4.42. The van der Waals surface area contributed by atoms with Gasteiger partial charge in [0.05, 0.1) is 12.2 Å². The molecule has 1 saturated heterocycles. The summed E-state index contributed by atoms with van der Waals surface area (Å²) in [5, 5.41) is 10.3. The number of nitrogens with zero attached hydrogens (tertiary/aromatic N) is 2. The number of halogens is 2. The maximum absolute atomic E-state index is 12.7. The van der Waals surface area contributed by atoms with Gasteiger partial charge < -0.3 is 10.2 Å². The number of H-pyrrole nitrogens is 1. The predicted octanol–water partition coefficient (Wildman–Crippen LogP) is 3.17. The molecule has 0 aliphatic carbocycles. The monoisotopic (exact) mass is 384 g/mol. The van der Waals surface area contributed by atoms with Gasteiger partial charge in [-0.05, 0) is 43.5 Å². The van der Waals surface area contributed by atoms with E-state index in [-0.39, 0.29) is 30.7 Å². The van der Waals surface area contributed by atoms with Crippen LogP contribution >= 0.6 is 24.8 Å². The van der Waals surface area contributed by atoms with Gasteiger partial charge in [-0.3, -0.25) is 9.89 Å². The molecule has 2 heterocycles. The summed E-state index contributed by atoms with van der Waals surface area (Å²) < 4.78 is 0. The molecular formula is C18H26Cl2N4O. The third-order valence-corrected chi connectivity index (χ3v) is 4.42. The maximum atomic E-state index is 12.7. The summed E-state index contributed by atoms with van der Waals surface area (Å²) in [4.78, 5) is 14.6. The second kappa shape index (κ2) is 11.1. The Labute approximate surface area is 161 Å². The van der Waals surface area contributed by atoms with Crippen LogP contribution < -0.4 is 5.32 Å². The highest BCUT2D eigenvalue weighted by Gasteiger charge is 2.19. The van der Waals surface area contributed by atoms with Gasteiger partial charge in [-0.2, -0.15) is 5.10 Å². The lowest BCUT2D eigenvalue weighted by Gasteiger charge is -2.23. The molecule has 2 N–H and O–H groups in total. The van der Waals surface area contributed by atoms with Crippen molar-refractivity contribution in [3.63, 3.8) is 0 Å². The number of aromatic nitrogens is 2. The highest BCUT2D eigenvalue weighted by Crippen LogP contribution is 2.17. The molecule has 1 aromatic heterocycles. The number of amides is 1. The van der Waals surface area contributed by atoms with E-state index in [1.165, 1.54) is 6.42 Å². The zero-order valence-electron chi connectivity index (χ0n) is 14.2. The Balaban J connectivity index is 0.00000156. The van der Waals surface area contributed by atoms with Gasteiger partial charge in [0.15, 0.2) is 0 Å². The Morgan fingerprint density at radius 3 is 2.60 bits per heavy atom. The fraction of sp³-hybridized carbons (Fsp3) is 0.444. The molecule has 25 heavy (non-hydrogen) atoms. The van der Waals surface area contributed by atoms with Crippen LogP contribution in [0.25, 0.3) is 0 Å². The minimum atomic E-state index is 0. The lowest BCUT2D eigenvalue weighted by atomic mass is 10.0. The summed E-state index contributed by atoms with van der Waals surface area (Å²) in [7, 11) is 0. The van der Waals surface area contributed by atoms with Gasteiger partial charge in [0, 0.05) is 19.2 Å². The van der Waals surface area contributed by atoms with Crippen molar-refractivity contribution in [1.29, 1.82) is 0 Å². The number of hydrogen-bond acceptors (Lipinski definition) is 3. The Morgan fingerprint density at radius 1 is 1.16 bits per heavy atom. The molecule has 0 bridgehead atoms. The Morgan fingerprint density at radius 2 is 1.96 bits per heavy atom. The van der Waals surface area contributed by atoms with E-state index in [1.54, 1.807) is 6.20 Å². The van der Waals surface area contributed by atoms with Gasteiger partial charge in [0.1, 0.15) is 0 Å². The molecule has 7 heteroatoms. The minimum absolute atomic E-state index is 0. The summed E-state index contributed by atoms with van der Waals surface area (Å²) in [5.41, 5.74) is 2.12. The molecule has 3 rings (SSSR count). The predicted molar refractivity (Wildman–Crippen MR) is 104 cm³/mol. The molecule has 0 spiro atoms. The van der Waals surface area contributed by atoms with Gasteiger partial charge in [-0.25, -0.2) is 0 Å². The van der Waals surface area contributed by atoms with Gasteiger partial charge in [-0.1, -0.05) is 30.3 Å².